The fraction of sp³-hybridized carbons (Fsp3) is 0.387. The van der Waals surface area contributed by atoms with Crippen LogP contribution in [-0.4, -0.2) is 56.7 Å². The molecular weight excluding hydrogens is 470 g/mol. The van der Waals surface area contributed by atoms with Crippen LogP contribution in [0, 0.1) is 23.2 Å². The summed E-state index contributed by atoms with van der Waals surface area (Å²) in [6.07, 6.45) is 10.0. The number of likely N-dealkylation sites (tertiary alicyclic amines) is 1. The third-order valence-electron chi connectivity index (χ3n) is 8.63. The zero-order chi connectivity index (χ0) is 25.6. The maximum absolute atomic E-state index is 9.16. The summed E-state index contributed by atoms with van der Waals surface area (Å²) in [7, 11) is 0. The highest BCUT2D eigenvalue weighted by atomic mass is 15.2. The van der Waals surface area contributed by atoms with Gasteiger partial charge in [0.1, 0.15) is 5.82 Å². The molecule has 38 heavy (non-hydrogen) atoms. The average molecular weight is 504 g/mol. The van der Waals surface area contributed by atoms with Gasteiger partial charge in [-0.15, -0.1) is 0 Å². The van der Waals surface area contributed by atoms with Crippen molar-refractivity contribution in [2.75, 3.05) is 37.6 Å². The van der Waals surface area contributed by atoms with Crippen LogP contribution in [0.15, 0.2) is 61.1 Å². The molecular formula is C31H33N7. The van der Waals surface area contributed by atoms with E-state index < -0.39 is 0 Å². The molecule has 0 spiro atoms. The Balaban J connectivity index is 1.15. The zero-order valence-electron chi connectivity index (χ0n) is 21.9. The molecule has 4 aromatic rings. The van der Waals surface area contributed by atoms with Crippen molar-refractivity contribution in [3.05, 3.63) is 72.3 Å². The number of imidazole rings is 1. The minimum atomic E-state index is 0.672. The molecule has 0 bridgehead atoms. The molecule has 1 aromatic carbocycles. The van der Waals surface area contributed by atoms with Crippen LogP contribution in [0.4, 0.5) is 5.82 Å². The average Bonchev–Trinajstić information content (AvgIpc) is 3.69. The molecule has 6 heterocycles. The SMILES string of the molecule is CC1CCN(C[C@H]2CCN(c3ccc4c(n3)Cn3cc(-c5ccc(C#N)cc5)cc3-c3nccn3-4)C2)CC1. The normalized spacial score (nSPS) is 19.5. The Hall–Kier alpha value is -3.89. The van der Waals surface area contributed by atoms with E-state index in [9.17, 15) is 0 Å². The second-order valence-corrected chi connectivity index (χ2v) is 11.3. The van der Waals surface area contributed by atoms with Gasteiger partial charge in [-0.05, 0) is 80.1 Å². The summed E-state index contributed by atoms with van der Waals surface area (Å²) in [6, 6.07) is 16.6. The Bertz CT molecular complexity index is 1500. The highest BCUT2D eigenvalue weighted by Crippen LogP contribution is 2.35. The second kappa shape index (κ2) is 9.45. The molecule has 7 heteroatoms. The molecule has 3 aliphatic rings. The zero-order valence-corrected chi connectivity index (χ0v) is 21.9. The highest BCUT2D eigenvalue weighted by Gasteiger charge is 2.28. The molecule has 2 fully saturated rings. The fourth-order valence-electron chi connectivity index (χ4n) is 6.37. The molecule has 7 rings (SSSR count). The van der Waals surface area contributed by atoms with E-state index in [4.69, 9.17) is 15.2 Å². The molecule has 0 N–H and O–H groups in total. The van der Waals surface area contributed by atoms with E-state index >= 15 is 0 Å². The van der Waals surface area contributed by atoms with Crippen molar-refractivity contribution >= 4 is 5.82 Å². The van der Waals surface area contributed by atoms with E-state index in [1.165, 1.54) is 38.9 Å². The lowest BCUT2D eigenvalue weighted by atomic mass is 9.98. The Kier molecular flexibility index (Phi) is 5.78. The van der Waals surface area contributed by atoms with Gasteiger partial charge in [0.25, 0.3) is 0 Å². The molecule has 1 atom stereocenters. The van der Waals surface area contributed by atoms with Crippen LogP contribution in [-0.2, 0) is 6.54 Å². The van der Waals surface area contributed by atoms with Crippen molar-refractivity contribution in [3.63, 3.8) is 0 Å². The standard InChI is InChI=1S/C31H33N7/c1-22-8-12-35(13-9-22)18-24-10-14-36(19-24)30-7-6-28-27(34-30)21-37-20-26(25-4-2-23(17-32)3-5-25)16-29(37)31-33-11-15-38(28)31/h2-7,11,15-16,20,22,24H,8-10,12-14,18-19,21H2,1H3/t24-/m1/s1. The van der Waals surface area contributed by atoms with Crippen LogP contribution < -0.4 is 4.90 Å². The van der Waals surface area contributed by atoms with Gasteiger partial charge in [-0.2, -0.15) is 5.26 Å². The summed E-state index contributed by atoms with van der Waals surface area (Å²) in [4.78, 5) is 15.1. The van der Waals surface area contributed by atoms with Crippen molar-refractivity contribution in [2.45, 2.75) is 32.7 Å². The number of anilines is 1. The minimum Gasteiger partial charge on any atom is -0.356 e. The maximum atomic E-state index is 9.16. The topological polar surface area (TPSA) is 65.9 Å². The third kappa shape index (κ3) is 4.19. The quantitative estimate of drug-likeness (QED) is 0.338. The number of hydrogen-bond donors (Lipinski definition) is 0. The first-order chi connectivity index (χ1) is 18.6. The number of rotatable bonds is 4. The molecule has 2 saturated heterocycles. The first kappa shape index (κ1) is 23.2. The Labute approximate surface area is 224 Å². The van der Waals surface area contributed by atoms with Gasteiger partial charge < -0.3 is 14.4 Å². The van der Waals surface area contributed by atoms with E-state index in [1.807, 2.05) is 36.7 Å². The van der Waals surface area contributed by atoms with Gasteiger partial charge in [-0.25, -0.2) is 9.97 Å². The van der Waals surface area contributed by atoms with Gasteiger partial charge >= 0.3 is 0 Å². The Morgan fingerprint density at radius 1 is 1.00 bits per heavy atom. The molecule has 7 nitrogen and oxygen atoms in total. The van der Waals surface area contributed by atoms with E-state index in [0.29, 0.717) is 12.1 Å². The number of pyridine rings is 1. The lowest BCUT2D eigenvalue weighted by molar-refractivity contribution is 0.171. The van der Waals surface area contributed by atoms with Gasteiger partial charge in [-0.1, -0.05) is 19.1 Å². The van der Waals surface area contributed by atoms with Gasteiger partial charge in [0.15, 0.2) is 5.82 Å². The number of nitrogens with zero attached hydrogens (tertiary/aromatic N) is 7. The molecule has 0 amide bonds. The fourth-order valence-corrected chi connectivity index (χ4v) is 6.37. The molecule has 0 unspecified atom stereocenters. The van der Waals surface area contributed by atoms with Gasteiger partial charge in [0.2, 0.25) is 0 Å². The van der Waals surface area contributed by atoms with Gasteiger partial charge in [0, 0.05) is 43.8 Å². The van der Waals surface area contributed by atoms with E-state index in [0.717, 1.165) is 64.8 Å². The molecule has 3 aliphatic heterocycles. The number of fused-ring (bicyclic) bond motifs is 5. The summed E-state index contributed by atoms with van der Waals surface area (Å²) >= 11 is 0. The number of nitriles is 1. The van der Waals surface area contributed by atoms with Crippen molar-refractivity contribution in [1.29, 1.82) is 5.26 Å². The van der Waals surface area contributed by atoms with Crippen LogP contribution in [0.5, 0.6) is 0 Å². The molecule has 0 radical (unpaired) electrons. The Morgan fingerprint density at radius 2 is 1.84 bits per heavy atom. The summed E-state index contributed by atoms with van der Waals surface area (Å²) in [6.45, 7) is 8.98. The van der Waals surface area contributed by atoms with Crippen LogP contribution in [0.1, 0.15) is 37.4 Å². The molecule has 0 saturated carbocycles. The summed E-state index contributed by atoms with van der Waals surface area (Å²) < 4.78 is 4.43. The lowest BCUT2D eigenvalue weighted by Crippen LogP contribution is -2.37. The highest BCUT2D eigenvalue weighted by molar-refractivity contribution is 5.72. The number of hydrogen-bond acceptors (Lipinski definition) is 5. The number of aromatic nitrogens is 4. The smallest absolute Gasteiger partial charge is 0.161 e. The maximum Gasteiger partial charge on any atom is 0.161 e. The van der Waals surface area contributed by atoms with E-state index in [-0.39, 0.29) is 0 Å². The van der Waals surface area contributed by atoms with Crippen LogP contribution in [0.3, 0.4) is 0 Å². The molecule has 3 aromatic heterocycles. The third-order valence-corrected chi connectivity index (χ3v) is 8.63. The molecule has 192 valence electrons. The van der Waals surface area contributed by atoms with Crippen molar-refractivity contribution in [3.8, 4) is 34.4 Å². The number of benzene rings is 1. The van der Waals surface area contributed by atoms with Gasteiger partial charge in [-0.3, -0.25) is 4.57 Å². The monoisotopic (exact) mass is 503 g/mol. The molecule has 0 aliphatic carbocycles. The summed E-state index contributed by atoms with van der Waals surface area (Å²) in [5.41, 5.74) is 6.12. The van der Waals surface area contributed by atoms with Crippen molar-refractivity contribution in [1.82, 2.24) is 24.0 Å². The van der Waals surface area contributed by atoms with Gasteiger partial charge in [0.05, 0.1) is 35.3 Å². The first-order valence-corrected chi connectivity index (χ1v) is 13.9. The largest absolute Gasteiger partial charge is 0.356 e. The minimum absolute atomic E-state index is 0.672. The predicted molar refractivity (Wildman–Crippen MR) is 149 cm³/mol. The summed E-state index contributed by atoms with van der Waals surface area (Å²) in [5, 5.41) is 9.16. The van der Waals surface area contributed by atoms with Crippen LogP contribution in [0.2, 0.25) is 0 Å². The lowest BCUT2D eigenvalue weighted by Gasteiger charge is -2.32. The van der Waals surface area contributed by atoms with Crippen molar-refractivity contribution in [2.24, 2.45) is 11.8 Å². The van der Waals surface area contributed by atoms with Crippen LogP contribution >= 0.6 is 0 Å². The number of piperidine rings is 1. The van der Waals surface area contributed by atoms with Crippen molar-refractivity contribution < 1.29 is 0 Å². The van der Waals surface area contributed by atoms with E-state index in [1.54, 1.807) is 0 Å². The Morgan fingerprint density at radius 3 is 2.66 bits per heavy atom. The van der Waals surface area contributed by atoms with Crippen LogP contribution in [0.25, 0.3) is 28.3 Å². The summed E-state index contributed by atoms with van der Waals surface area (Å²) in [5.74, 6) is 3.61. The van der Waals surface area contributed by atoms with E-state index in [2.05, 4.69) is 56.3 Å². The second-order valence-electron chi connectivity index (χ2n) is 11.3. The predicted octanol–water partition coefficient (Wildman–Crippen LogP) is 5.19. The first-order valence-electron chi connectivity index (χ1n) is 13.9.